The van der Waals surface area contributed by atoms with E-state index < -0.39 is 10.2 Å². The van der Waals surface area contributed by atoms with Crippen LogP contribution in [-0.4, -0.2) is 72.1 Å². The molecule has 156 valence electrons. The number of carbonyl (C=O) groups is 1. The van der Waals surface area contributed by atoms with Gasteiger partial charge in [-0.05, 0) is 31.2 Å². The molecule has 3 rings (SSSR count). The van der Waals surface area contributed by atoms with Crippen molar-refractivity contribution in [3.05, 3.63) is 33.7 Å². The fraction of sp³-hybridized carbons (Fsp3) is 0.684. The lowest BCUT2D eigenvalue weighted by atomic mass is 10.0. The van der Waals surface area contributed by atoms with Gasteiger partial charge in [0, 0.05) is 51.0 Å². The number of hydrogen-bond acceptors (Lipinski definition) is 4. The summed E-state index contributed by atoms with van der Waals surface area (Å²) in [7, 11) is -3.47. The van der Waals surface area contributed by atoms with Crippen LogP contribution in [0.1, 0.15) is 61.5 Å². The van der Waals surface area contributed by atoms with Crippen LogP contribution in [0.3, 0.4) is 0 Å². The molecule has 0 bridgehead atoms. The lowest BCUT2D eigenvalue weighted by molar-refractivity contribution is 0.0762. The molecule has 8 nitrogen and oxygen atoms in total. The Morgan fingerprint density at radius 3 is 2.25 bits per heavy atom. The fourth-order valence-corrected chi connectivity index (χ4v) is 5.61. The first-order valence-corrected chi connectivity index (χ1v) is 11.5. The predicted molar refractivity (Wildman–Crippen MR) is 108 cm³/mol. The van der Waals surface area contributed by atoms with Crippen molar-refractivity contribution in [2.75, 3.05) is 39.3 Å². The Bertz CT molecular complexity index is 859. The number of hydrogen-bond donors (Lipinski definition) is 1. The molecule has 0 unspecified atom stereocenters. The van der Waals surface area contributed by atoms with E-state index in [1.165, 1.54) is 10.4 Å². The molecule has 1 aromatic heterocycles. The van der Waals surface area contributed by atoms with Crippen LogP contribution in [0.4, 0.5) is 0 Å². The Hall–Kier alpha value is -1.71. The van der Waals surface area contributed by atoms with Gasteiger partial charge in [-0.3, -0.25) is 9.59 Å². The highest BCUT2D eigenvalue weighted by Crippen LogP contribution is 2.21. The topological polar surface area (TPSA) is 93.8 Å². The number of pyridine rings is 1. The molecular weight excluding hydrogens is 380 g/mol. The number of nitrogens with one attached hydrogen (secondary N) is 1. The van der Waals surface area contributed by atoms with Crippen molar-refractivity contribution in [1.29, 1.82) is 0 Å². The average molecular weight is 411 g/mol. The molecule has 1 aromatic rings. The monoisotopic (exact) mass is 410 g/mol. The van der Waals surface area contributed by atoms with E-state index in [1.54, 1.807) is 15.3 Å². The summed E-state index contributed by atoms with van der Waals surface area (Å²) in [6.45, 7) is 6.59. The number of aromatic amines is 1. The Morgan fingerprint density at radius 1 is 0.929 bits per heavy atom. The Kier molecular flexibility index (Phi) is 6.57. The van der Waals surface area contributed by atoms with Crippen LogP contribution < -0.4 is 5.56 Å². The third-order valence-corrected chi connectivity index (χ3v) is 7.50. The maximum absolute atomic E-state index is 13.1. The molecule has 0 saturated carbocycles. The molecule has 2 saturated heterocycles. The summed E-state index contributed by atoms with van der Waals surface area (Å²) in [6.07, 6.45) is 3.48. The summed E-state index contributed by atoms with van der Waals surface area (Å²) in [6, 6.07) is 2.94. The zero-order valence-electron chi connectivity index (χ0n) is 16.7. The van der Waals surface area contributed by atoms with E-state index in [2.05, 4.69) is 4.98 Å². The minimum Gasteiger partial charge on any atom is -0.337 e. The van der Waals surface area contributed by atoms with Crippen molar-refractivity contribution < 1.29 is 13.2 Å². The molecule has 1 amide bonds. The summed E-state index contributed by atoms with van der Waals surface area (Å²) in [4.78, 5) is 29.2. The first-order valence-electron chi connectivity index (χ1n) is 10.1. The molecule has 0 aliphatic carbocycles. The highest BCUT2D eigenvalue weighted by atomic mass is 32.2. The molecule has 1 N–H and O–H groups in total. The largest absolute Gasteiger partial charge is 0.337 e. The van der Waals surface area contributed by atoms with E-state index in [-0.39, 0.29) is 17.4 Å². The van der Waals surface area contributed by atoms with Crippen LogP contribution in [0, 0.1) is 0 Å². The standard InChI is InChI=1S/C19H30N4O4S/c1-15(2)18-16(7-8-17(24)20-18)19(25)21-9-6-12-23(14-13-21)28(26,27)22-10-4-3-5-11-22/h7-8,15H,3-6,9-14H2,1-2H3,(H,20,24). The zero-order chi connectivity index (χ0) is 20.3. The van der Waals surface area contributed by atoms with Crippen molar-refractivity contribution in [2.45, 2.75) is 45.4 Å². The maximum atomic E-state index is 13.1. The van der Waals surface area contributed by atoms with Gasteiger partial charge in [-0.1, -0.05) is 20.3 Å². The molecule has 0 aromatic carbocycles. The van der Waals surface area contributed by atoms with Gasteiger partial charge in [-0.15, -0.1) is 0 Å². The number of aromatic nitrogens is 1. The fourth-order valence-electron chi connectivity index (χ4n) is 3.89. The summed E-state index contributed by atoms with van der Waals surface area (Å²) in [5.41, 5.74) is 0.886. The lowest BCUT2D eigenvalue weighted by Gasteiger charge is -2.31. The molecule has 28 heavy (non-hydrogen) atoms. The van der Waals surface area contributed by atoms with Gasteiger partial charge in [0.05, 0.1) is 5.56 Å². The smallest absolute Gasteiger partial charge is 0.282 e. The van der Waals surface area contributed by atoms with Gasteiger partial charge in [-0.2, -0.15) is 17.0 Å². The summed E-state index contributed by atoms with van der Waals surface area (Å²) in [5.74, 6) is -0.145. The molecule has 0 radical (unpaired) electrons. The van der Waals surface area contributed by atoms with Crippen LogP contribution in [-0.2, 0) is 10.2 Å². The van der Waals surface area contributed by atoms with Gasteiger partial charge >= 0.3 is 0 Å². The second kappa shape index (κ2) is 8.75. The second-order valence-electron chi connectivity index (χ2n) is 7.82. The molecule has 0 atom stereocenters. The summed E-state index contributed by atoms with van der Waals surface area (Å²) >= 11 is 0. The number of rotatable bonds is 4. The third kappa shape index (κ3) is 4.47. The molecule has 9 heteroatoms. The molecule has 2 fully saturated rings. The van der Waals surface area contributed by atoms with Crippen LogP contribution in [0.25, 0.3) is 0 Å². The molecule has 0 spiro atoms. The SMILES string of the molecule is CC(C)c1[nH]c(=O)ccc1C(=O)N1CCCN(S(=O)(=O)N2CCCCC2)CC1. The van der Waals surface area contributed by atoms with E-state index in [4.69, 9.17) is 0 Å². The van der Waals surface area contributed by atoms with Crippen LogP contribution in [0.5, 0.6) is 0 Å². The first kappa shape index (κ1) is 21.0. The number of piperidine rings is 1. The van der Waals surface area contributed by atoms with Crippen molar-refractivity contribution in [3.63, 3.8) is 0 Å². The molecule has 2 aliphatic rings. The lowest BCUT2D eigenvalue weighted by Crippen LogP contribution is -2.47. The minimum absolute atomic E-state index is 0.0100. The quantitative estimate of drug-likeness (QED) is 0.811. The van der Waals surface area contributed by atoms with Gasteiger partial charge in [0.25, 0.3) is 16.1 Å². The Labute approximate surface area is 166 Å². The Balaban J connectivity index is 1.73. The zero-order valence-corrected chi connectivity index (χ0v) is 17.5. The van der Waals surface area contributed by atoms with Gasteiger partial charge in [-0.25, -0.2) is 0 Å². The van der Waals surface area contributed by atoms with Gasteiger partial charge in [0.1, 0.15) is 0 Å². The van der Waals surface area contributed by atoms with E-state index in [0.717, 1.165) is 19.3 Å². The highest BCUT2D eigenvalue weighted by Gasteiger charge is 2.33. The van der Waals surface area contributed by atoms with Crippen molar-refractivity contribution in [2.24, 2.45) is 0 Å². The summed E-state index contributed by atoms with van der Waals surface area (Å²) < 4.78 is 29.0. The number of carbonyl (C=O) groups excluding carboxylic acids is 1. The maximum Gasteiger partial charge on any atom is 0.282 e. The van der Waals surface area contributed by atoms with Crippen molar-refractivity contribution >= 4 is 16.1 Å². The number of nitrogens with zero attached hydrogens (tertiary/aromatic N) is 3. The number of amides is 1. The van der Waals surface area contributed by atoms with Gasteiger partial charge in [0.15, 0.2) is 0 Å². The molecule has 2 aliphatic heterocycles. The van der Waals surface area contributed by atoms with E-state index in [0.29, 0.717) is 56.9 Å². The predicted octanol–water partition coefficient (Wildman–Crippen LogP) is 1.38. The van der Waals surface area contributed by atoms with Crippen molar-refractivity contribution in [3.8, 4) is 0 Å². The average Bonchev–Trinajstić information content (AvgIpc) is 2.95. The van der Waals surface area contributed by atoms with Crippen LogP contribution >= 0.6 is 0 Å². The molecule has 3 heterocycles. The molecular formula is C19H30N4O4S. The van der Waals surface area contributed by atoms with Crippen LogP contribution in [0.15, 0.2) is 16.9 Å². The minimum atomic E-state index is -3.47. The highest BCUT2D eigenvalue weighted by molar-refractivity contribution is 7.86. The summed E-state index contributed by atoms with van der Waals surface area (Å²) in [5, 5.41) is 0. The van der Waals surface area contributed by atoms with E-state index in [1.807, 2.05) is 13.8 Å². The van der Waals surface area contributed by atoms with E-state index >= 15 is 0 Å². The van der Waals surface area contributed by atoms with Crippen molar-refractivity contribution in [1.82, 2.24) is 18.5 Å². The third-order valence-electron chi connectivity index (χ3n) is 5.47. The van der Waals surface area contributed by atoms with Gasteiger partial charge < -0.3 is 9.88 Å². The van der Waals surface area contributed by atoms with E-state index in [9.17, 15) is 18.0 Å². The number of H-pyrrole nitrogens is 1. The first-order chi connectivity index (χ1) is 13.3. The Morgan fingerprint density at radius 2 is 1.57 bits per heavy atom. The van der Waals surface area contributed by atoms with Crippen LogP contribution in [0.2, 0.25) is 0 Å². The normalized spacial score (nSPS) is 20.3. The second-order valence-corrected chi connectivity index (χ2v) is 9.75. The van der Waals surface area contributed by atoms with Gasteiger partial charge in [0.2, 0.25) is 5.56 Å².